The topological polar surface area (TPSA) is 26.3 Å². The highest BCUT2D eigenvalue weighted by Crippen LogP contribution is 2.19. The largest absolute Gasteiger partial charge is 0.455 e. The first kappa shape index (κ1) is 7.32. The Balaban J connectivity index is 2.75. The number of hydrogen-bond acceptors (Lipinski definition) is 2. The Bertz CT molecular complexity index is 180. The fourth-order valence-electron chi connectivity index (χ4n) is 1.02. The smallest absolute Gasteiger partial charge is 0.334 e. The molecule has 0 saturated carbocycles. The van der Waals surface area contributed by atoms with E-state index in [2.05, 4.69) is 0 Å². The van der Waals surface area contributed by atoms with Gasteiger partial charge in [-0.1, -0.05) is 13.8 Å². The van der Waals surface area contributed by atoms with Gasteiger partial charge in [0.25, 0.3) is 0 Å². The number of carbonyl (C=O) groups excluding carboxylic acids is 1. The lowest BCUT2D eigenvalue weighted by atomic mass is 10.0. The summed E-state index contributed by atoms with van der Waals surface area (Å²) in [6, 6.07) is 0. The van der Waals surface area contributed by atoms with Crippen LogP contribution >= 0.6 is 0 Å². The molecule has 1 aliphatic heterocycles. The molecule has 0 aliphatic carbocycles. The van der Waals surface area contributed by atoms with Crippen LogP contribution in [0, 0.1) is 5.92 Å². The minimum atomic E-state index is -0.150. The van der Waals surface area contributed by atoms with E-state index in [9.17, 15) is 4.79 Å². The van der Waals surface area contributed by atoms with Crippen molar-refractivity contribution in [3.63, 3.8) is 0 Å². The molecule has 56 valence electrons. The third-order valence-electron chi connectivity index (χ3n) is 1.56. The molecule has 2 nitrogen and oxygen atoms in total. The Morgan fingerprint density at radius 1 is 1.60 bits per heavy atom. The second-order valence-corrected chi connectivity index (χ2v) is 2.89. The minimum absolute atomic E-state index is 0.0232. The lowest BCUT2D eigenvalue weighted by Gasteiger charge is -2.01. The molecule has 0 bridgehead atoms. The molecule has 0 aromatic rings. The molecule has 10 heavy (non-hydrogen) atoms. The highest BCUT2D eigenvalue weighted by molar-refractivity contribution is 5.91. The summed E-state index contributed by atoms with van der Waals surface area (Å²) in [6.07, 6.45) is 1.86. The fourth-order valence-corrected chi connectivity index (χ4v) is 1.02. The van der Waals surface area contributed by atoms with Crippen molar-refractivity contribution in [1.82, 2.24) is 0 Å². The van der Waals surface area contributed by atoms with E-state index < -0.39 is 0 Å². The highest BCUT2D eigenvalue weighted by atomic mass is 16.5. The molecule has 1 heterocycles. The van der Waals surface area contributed by atoms with Crippen molar-refractivity contribution in [3.8, 4) is 0 Å². The summed E-state index contributed by atoms with van der Waals surface area (Å²) in [5, 5.41) is 0. The normalized spacial score (nSPS) is 25.0. The molecule has 1 unspecified atom stereocenters. The summed E-state index contributed by atoms with van der Waals surface area (Å²) in [5.74, 6) is 0.139. The SMILES string of the molecule is CC1C=C(C(C)C)C(=O)O1. The monoisotopic (exact) mass is 140 g/mol. The molecule has 0 radical (unpaired) electrons. The van der Waals surface area contributed by atoms with Gasteiger partial charge in [0, 0.05) is 5.57 Å². The predicted octanol–water partition coefficient (Wildman–Crippen LogP) is 1.51. The minimum Gasteiger partial charge on any atom is -0.455 e. The van der Waals surface area contributed by atoms with Crippen LogP contribution < -0.4 is 0 Å². The Morgan fingerprint density at radius 3 is 2.40 bits per heavy atom. The van der Waals surface area contributed by atoms with Crippen molar-refractivity contribution >= 4 is 5.97 Å². The van der Waals surface area contributed by atoms with Gasteiger partial charge >= 0.3 is 5.97 Å². The van der Waals surface area contributed by atoms with Crippen molar-refractivity contribution in [2.75, 3.05) is 0 Å². The van der Waals surface area contributed by atoms with Gasteiger partial charge in [0.05, 0.1) is 0 Å². The molecule has 1 aliphatic rings. The fraction of sp³-hybridized carbons (Fsp3) is 0.625. The van der Waals surface area contributed by atoms with Crippen LogP contribution in [0.1, 0.15) is 20.8 Å². The molecule has 0 aromatic heterocycles. The molecule has 0 saturated heterocycles. The van der Waals surface area contributed by atoms with Crippen LogP contribution in [0.25, 0.3) is 0 Å². The average Bonchev–Trinajstić information content (AvgIpc) is 2.10. The van der Waals surface area contributed by atoms with E-state index in [0.717, 1.165) is 5.57 Å². The van der Waals surface area contributed by atoms with Crippen molar-refractivity contribution in [2.24, 2.45) is 5.92 Å². The van der Waals surface area contributed by atoms with Crippen molar-refractivity contribution < 1.29 is 9.53 Å². The Kier molecular flexibility index (Phi) is 1.79. The summed E-state index contributed by atoms with van der Waals surface area (Å²) >= 11 is 0. The number of carbonyl (C=O) groups is 1. The molecule has 0 fully saturated rings. The summed E-state index contributed by atoms with van der Waals surface area (Å²) in [7, 11) is 0. The van der Waals surface area contributed by atoms with E-state index in [1.807, 2.05) is 26.8 Å². The molecular formula is C8H12O2. The van der Waals surface area contributed by atoms with E-state index in [-0.39, 0.29) is 18.0 Å². The summed E-state index contributed by atoms with van der Waals surface area (Å²) in [4.78, 5) is 10.9. The van der Waals surface area contributed by atoms with Crippen LogP contribution in [0.4, 0.5) is 0 Å². The Morgan fingerprint density at radius 2 is 2.20 bits per heavy atom. The molecular weight excluding hydrogens is 128 g/mol. The third kappa shape index (κ3) is 1.20. The Hall–Kier alpha value is -0.790. The standard InChI is InChI=1S/C8H12O2/c1-5(2)7-4-6(3)10-8(7)9/h4-6H,1-3H3. The van der Waals surface area contributed by atoms with E-state index in [0.29, 0.717) is 0 Å². The van der Waals surface area contributed by atoms with Crippen LogP contribution in [0.3, 0.4) is 0 Å². The van der Waals surface area contributed by atoms with Gasteiger partial charge in [0.2, 0.25) is 0 Å². The Labute approximate surface area is 60.9 Å². The molecule has 1 atom stereocenters. The van der Waals surface area contributed by atoms with Crippen LogP contribution in [0.2, 0.25) is 0 Å². The second kappa shape index (κ2) is 2.45. The maximum Gasteiger partial charge on any atom is 0.334 e. The average molecular weight is 140 g/mol. The van der Waals surface area contributed by atoms with Crippen LogP contribution in [-0.4, -0.2) is 12.1 Å². The molecule has 0 N–H and O–H groups in total. The summed E-state index contributed by atoms with van der Waals surface area (Å²) < 4.78 is 4.90. The molecule has 1 rings (SSSR count). The van der Waals surface area contributed by atoms with Gasteiger partial charge < -0.3 is 4.74 Å². The first-order chi connectivity index (χ1) is 4.61. The number of ether oxygens (including phenoxy) is 1. The molecule has 2 heteroatoms. The zero-order chi connectivity index (χ0) is 7.72. The van der Waals surface area contributed by atoms with E-state index >= 15 is 0 Å². The third-order valence-corrected chi connectivity index (χ3v) is 1.56. The van der Waals surface area contributed by atoms with E-state index in [1.165, 1.54) is 0 Å². The molecule has 0 amide bonds. The maximum absolute atomic E-state index is 10.9. The van der Waals surface area contributed by atoms with E-state index in [4.69, 9.17) is 4.74 Å². The molecule has 0 aromatic carbocycles. The summed E-state index contributed by atoms with van der Waals surface area (Å²) in [6.45, 7) is 5.85. The van der Waals surface area contributed by atoms with Gasteiger partial charge in [-0.15, -0.1) is 0 Å². The van der Waals surface area contributed by atoms with Crippen molar-refractivity contribution in [1.29, 1.82) is 0 Å². The summed E-state index contributed by atoms with van der Waals surface area (Å²) in [5.41, 5.74) is 0.813. The number of hydrogen-bond donors (Lipinski definition) is 0. The molecule has 0 spiro atoms. The zero-order valence-electron chi connectivity index (χ0n) is 6.55. The van der Waals surface area contributed by atoms with Crippen LogP contribution in [-0.2, 0) is 9.53 Å². The maximum atomic E-state index is 10.9. The van der Waals surface area contributed by atoms with Gasteiger partial charge in [0.1, 0.15) is 6.10 Å². The predicted molar refractivity (Wildman–Crippen MR) is 38.5 cm³/mol. The second-order valence-electron chi connectivity index (χ2n) is 2.89. The number of cyclic esters (lactones) is 1. The van der Waals surface area contributed by atoms with Gasteiger partial charge in [-0.3, -0.25) is 0 Å². The van der Waals surface area contributed by atoms with E-state index in [1.54, 1.807) is 0 Å². The van der Waals surface area contributed by atoms with Crippen LogP contribution in [0.5, 0.6) is 0 Å². The number of rotatable bonds is 1. The van der Waals surface area contributed by atoms with Crippen molar-refractivity contribution in [3.05, 3.63) is 11.6 Å². The quantitative estimate of drug-likeness (QED) is 0.516. The van der Waals surface area contributed by atoms with Gasteiger partial charge in [-0.05, 0) is 18.9 Å². The van der Waals surface area contributed by atoms with Gasteiger partial charge in [0.15, 0.2) is 0 Å². The zero-order valence-corrected chi connectivity index (χ0v) is 6.55. The first-order valence-corrected chi connectivity index (χ1v) is 3.54. The van der Waals surface area contributed by atoms with Crippen molar-refractivity contribution in [2.45, 2.75) is 26.9 Å². The van der Waals surface area contributed by atoms with Gasteiger partial charge in [-0.2, -0.15) is 0 Å². The van der Waals surface area contributed by atoms with Gasteiger partial charge in [-0.25, -0.2) is 4.79 Å². The van der Waals surface area contributed by atoms with Crippen LogP contribution in [0.15, 0.2) is 11.6 Å². The first-order valence-electron chi connectivity index (χ1n) is 3.54. The number of esters is 1. The highest BCUT2D eigenvalue weighted by Gasteiger charge is 2.23. The lowest BCUT2D eigenvalue weighted by molar-refractivity contribution is -0.139. The lowest BCUT2D eigenvalue weighted by Crippen LogP contribution is -2.06.